The fourth-order valence-corrected chi connectivity index (χ4v) is 2.62. The molecule has 0 atom stereocenters. The highest BCUT2D eigenvalue weighted by Crippen LogP contribution is 2.25. The number of nitrogens with one attached hydrogen (secondary N) is 2. The van der Waals surface area contributed by atoms with Crippen LogP contribution in [0.5, 0.6) is 0 Å². The average Bonchev–Trinajstić information content (AvgIpc) is 2.58. The second-order valence-electron chi connectivity index (χ2n) is 5.28. The van der Waals surface area contributed by atoms with Gasteiger partial charge in [-0.1, -0.05) is 41.4 Å². The molecule has 3 aromatic rings. The maximum atomic E-state index is 12.1. The third-order valence-electron chi connectivity index (χ3n) is 3.43. The molecule has 0 saturated carbocycles. The van der Waals surface area contributed by atoms with E-state index >= 15 is 0 Å². The van der Waals surface area contributed by atoms with Crippen LogP contribution in [0.25, 0.3) is 10.9 Å². The molecule has 2 amide bonds. The van der Waals surface area contributed by atoms with Crippen LogP contribution in [0.2, 0.25) is 10.0 Å². The SMILES string of the molecule is O=C(CC(=O)Nc1cccc2cccnc12)Nc1ccc(Cl)c(Cl)c1. The summed E-state index contributed by atoms with van der Waals surface area (Å²) in [6, 6.07) is 13.9. The van der Waals surface area contributed by atoms with Crippen LogP contribution in [0, 0.1) is 0 Å². The molecule has 0 spiro atoms. The molecular formula is C18H13Cl2N3O2. The summed E-state index contributed by atoms with van der Waals surface area (Å²) < 4.78 is 0. The number of nitrogens with zero attached hydrogens (tertiary/aromatic N) is 1. The van der Waals surface area contributed by atoms with Crippen molar-refractivity contribution in [1.82, 2.24) is 4.98 Å². The van der Waals surface area contributed by atoms with Gasteiger partial charge in [0.05, 0.1) is 21.2 Å². The number of rotatable bonds is 4. The molecule has 0 aliphatic carbocycles. The number of hydrogen-bond donors (Lipinski definition) is 2. The van der Waals surface area contributed by atoms with E-state index in [2.05, 4.69) is 15.6 Å². The molecule has 5 nitrogen and oxygen atoms in total. The number of pyridine rings is 1. The lowest BCUT2D eigenvalue weighted by Gasteiger charge is -2.09. The maximum absolute atomic E-state index is 12.1. The predicted molar refractivity (Wildman–Crippen MR) is 100 cm³/mol. The monoisotopic (exact) mass is 373 g/mol. The number of fused-ring (bicyclic) bond motifs is 1. The third kappa shape index (κ3) is 4.26. The largest absolute Gasteiger partial charge is 0.326 e. The molecule has 2 N–H and O–H groups in total. The molecule has 0 aliphatic heterocycles. The van der Waals surface area contributed by atoms with Gasteiger partial charge in [0.15, 0.2) is 0 Å². The number of anilines is 2. The summed E-state index contributed by atoms with van der Waals surface area (Å²) in [6.07, 6.45) is 1.32. The average molecular weight is 374 g/mol. The Morgan fingerprint density at radius 1 is 0.920 bits per heavy atom. The van der Waals surface area contributed by atoms with Crippen molar-refractivity contribution in [2.75, 3.05) is 10.6 Å². The molecule has 1 aromatic heterocycles. The summed E-state index contributed by atoms with van der Waals surface area (Å²) in [6.45, 7) is 0. The van der Waals surface area contributed by atoms with Crippen molar-refractivity contribution in [3.05, 3.63) is 64.8 Å². The fraction of sp³-hybridized carbons (Fsp3) is 0.0556. The predicted octanol–water partition coefficient (Wildman–Crippen LogP) is 4.51. The molecule has 0 fully saturated rings. The van der Waals surface area contributed by atoms with Crippen molar-refractivity contribution in [3.8, 4) is 0 Å². The number of hydrogen-bond acceptors (Lipinski definition) is 3. The van der Waals surface area contributed by atoms with Crippen LogP contribution in [-0.2, 0) is 9.59 Å². The van der Waals surface area contributed by atoms with E-state index in [0.717, 1.165) is 5.39 Å². The van der Waals surface area contributed by atoms with Crippen LogP contribution < -0.4 is 10.6 Å². The van der Waals surface area contributed by atoms with Crippen molar-refractivity contribution in [1.29, 1.82) is 0 Å². The maximum Gasteiger partial charge on any atom is 0.233 e. The molecule has 0 aliphatic rings. The Labute approximate surface area is 154 Å². The number of para-hydroxylation sites is 1. The molecule has 1 heterocycles. The number of benzene rings is 2. The van der Waals surface area contributed by atoms with Crippen molar-refractivity contribution < 1.29 is 9.59 Å². The minimum atomic E-state index is -0.455. The molecule has 0 radical (unpaired) electrons. The van der Waals surface area contributed by atoms with E-state index in [0.29, 0.717) is 26.9 Å². The lowest BCUT2D eigenvalue weighted by molar-refractivity contribution is -0.123. The van der Waals surface area contributed by atoms with Gasteiger partial charge in [0.2, 0.25) is 11.8 Å². The molecule has 0 unspecified atom stereocenters. The van der Waals surface area contributed by atoms with Gasteiger partial charge in [0.25, 0.3) is 0 Å². The first kappa shape index (κ1) is 17.2. The number of aromatic nitrogens is 1. The second-order valence-corrected chi connectivity index (χ2v) is 6.10. The number of carbonyl (C=O) groups is 2. The van der Waals surface area contributed by atoms with Crippen molar-refractivity contribution in [3.63, 3.8) is 0 Å². The van der Waals surface area contributed by atoms with Crippen molar-refractivity contribution >= 4 is 57.3 Å². The summed E-state index contributed by atoms with van der Waals surface area (Å²) >= 11 is 11.7. The van der Waals surface area contributed by atoms with Crippen LogP contribution in [0.3, 0.4) is 0 Å². The Morgan fingerprint density at radius 3 is 2.48 bits per heavy atom. The molecule has 0 bridgehead atoms. The molecule has 2 aromatic carbocycles. The van der Waals surface area contributed by atoms with Crippen molar-refractivity contribution in [2.45, 2.75) is 6.42 Å². The molecule has 25 heavy (non-hydrogen) atoms. The summed E-state index contributed by atoms with van der Waals surface area (Å²) in [7, 11) is 0. The van der Waals surface area contributed by atoms with Gasteiger partial charge in [-0.15, -0.1) is 0 Å². The van der Waals surface area contributed by atoms with Gasteiger partial charge in [-0.25, -0.2) is 0 Å². The van der Waals surface area contributed by atoms with E-state index in [1.807, 2.05) is 24.3 Å². The normalized spacial score (nSPS) is 10.5. The third-order valence-corrected chi connectivity index (χ3v) is 4.17. The van der Waals surface area contributed by atoms with Crippen molar-refractivity contribution in [2.24, 2.45) is 0 Å². The van der Waals surface area contributed by atoms with Gasteiger partial charge in [0.1, 0.15) is 6.42 Å². The molecule has 126 valence electrons. The Morgan fingerprint density at radius 2 is 1.68 bits per heavy atom. The van der Waals surface area contributed by atoms with E-state index in [-0.39, 0.29) is 6.42 Å². The molecule has 7 heteroatoms. The Balaban J connectivity index is 1.65. The van der Waals surface area contributed by atoms with Gasteiger partial charge in [0, 0.05) is 17.3 Å². The molecule has 0 saturated heterocycles. The van der Waals surface area contributed by atoms with E-state index in [9.17, 15) is 9.59 Å². The Hall–Kier alpha value is -2.63. The minimum Gasteiger partial charge on any atom is -0.326 e. The zero-order chi connectivity index (χ0) is 17.8. The van der Waals surface area contributed by atoms with Gasteiger partial charge in [-0.05, 0) is 30.3 Å². The lowest BCUT2D eigenvalue weighted by atomic mass is 10.2. The second kappa shape index (κ2) is 7.51. The first-order valence-corrected chi connectivity index (χ1v) is 8.17. The van der Waals surface area contributed by atoms with Crippen LogP contribution in [0.4, 0.5) is 11.4 Å². The highest BCUT2D eigenvalue weighted by Gasteiger charge is 2.12. The van der Waals surface area contributed by atoms with E-state index in [4.69, 9.17) is 23.2 Å². The van der Waals surface area contributed by atoms with E-state index in [1.165, 1.54) is 6.07 Å². The van der Waals surface area contributed by atoms with Gasteiger partial charge < -0.3 is 10.6 Å². The Bertz CT molecular complexity index is 955. The van der Waals surface area contributed by atoms with E-state index in [1.54, 1.807) is 24.4 Å². The highest BCUT2D eigenvalue weighted by molar-refractivity contribution is 6.42. The summed E-state index contributed by atoms with van der Waals surface area (Å²) in [4.78, 5) is 28.4. The number of amides is 2. The van der Waals surface area contributed by atoms with Crippen LogP contribution in [-0.4, -0.2) is 16.8 Å². The van der Waals surface area contributed by atoms with Crippen LogP contribution >= 0.6 is 23.2 Å². The quantitative estimate of drug-likeness (QED) is 0.660. The fourth-order valence-electron chi connectivity index (χ4n) is 2.32. The molecular weight excluding hydrogens is 361 g/mol. The first-order chi connectivity index (χ1) is 12.0. The summed E-state index contributed by atoms with van der Waals surface area (Å²) in [5.74, 6) is -0.889. The van der Waals surface area contributed by atoms with Gasteiger partial charge in [-0.3, -0.25) is 14.6 Å². The zero-order valence-corrected chi connectivity index (χ0v) is 14.4. The molecule has 3 rings (SSSR count). The minimum absolute atomic E-state index is 0.325. The number of carbonyl (C=O) groups excluding carboxylic acids is 2. The topological polar surface area (TPSA) is 71.1 Å². The van der Waals surface area contributed by atoms with Gasteiger partial charge in [-0.2, -0.15) is 0 Å². The lowest BCUT2D eigenvalue weighted by Crippen LogP contribution is -2.21. The van der Waals surface area contributed by atoms with Crippen LogP contribution in [0.15, 0.2) is 54.7 Å². The van der Waals surface area contributed by atoms with Gasteiger partial charge >= 0.3 is 0 Å². The summed E-state index contributed by atoms with van der Waals surface area (Å²) in [5.41, 5.74) is 1.70. The van der Waals surface area contributed by atoms with Crippen LogP contribution in [0.1, 0.15) is 6.42 Å². The first-order valence-electron chi connectivity index (χ1n) is 7.41. The number of halogens is 2. The standard InChI is InChI=1S/C18H13Cl2N3O2/c19-13-7-6-12(9-14(13)20)22-16(24)10-17(25)23-15-5-1-3-11-4-2-8-21-18(11)15/h1-9H,10H2,(H,22,24)(H,23,25). The highest BCUT2D eigenvalue weighted by atomic mass is 35.5. The Kier molecular flexibility index (Phi) is 5.16. The summed E-state index contributed by atoms with van der Waals surface area (Å²) in [5, 5.41) is 6.94. The van der Waals surface area contributed by atoms with E-state index < -0.39 is 11.8 Å². The smallest absolute Gasteiger partial charge is 0.233 e. The zero-order valence-electron chi connectivity index (χ0n) is 12.9.